The molecule has 0 saturated heterocycles. The van der Waals surface area contributed by atoms with E-state index in [9.17, 15) is 13.5 Å². The maximum Gasteiger partial charge on any atom is 0.297 e. The Morgan fingerprint density at radius 2 is 1.83 bits per heavy atom. The zero-order valence-electron chi connectivity index (χ0n) is 13.3. The number of aliphatic hydroxyl groups is 1. The highest BCUT2D eigenvalue weighted by molar-refractivity contribution is 7.86. The van der Waals surface area contributed by atoms with Gasteiger partial charge >= 0.3 is 0 Å². The molecule has 0 bridgehead atoms. The summed E-state index contributed by atoms with van der Waals surface area (Å²) in [5, 5.41) is 11.1. The first-order valence-electron chi connectivity index (χ1n) is 7.65. The summed E-state index contributed by atoms with van der Waals surface area (Å²) in [4.78, 5) is 3.29. The molecular formula is C18H19NO4S. The molecule has 5 nitrogen and oxygen atoms in total. The van der Waals surface area contributed by atoms with E-state index in [1.165, 1.54) is 12.1 Å². The highest BCUT2D eigenvalue weighted by Crippen LogP contribution is 2.17. The Balaban J connectivity index is 1.62. The number of H-pyrrole nitrogens is 1. The number of rotatable bonds is 6. The summed E-state index contributed by atoms with van der Waals surface area (Å²) < 4.78 is 29.2. The lowest BCUT2D eigenvalue weighted by Gasteiger charge is -2.11. The van der Waals surface area contributed by atoms with Gasteiger partial charge in [-0.15, -0.1) is 0 Å². The van der Waals surface area contributed by atoms with Crippen LogP contribution in [0.25, 0.3) is 10.9 Å². The molecule has 24 heavy (non-hydrogen) atoms. The maximum absolute atomic E-state index is 12.1. The first-order valence-corrected chi connectivity index (χ1v) is 9.06. The molecule has 0 aliphatic heterocycles. The molecule has 0 saturated carbocycles. The number of hydrogen-bond acceptors (Lipinski definition) is 4. The second-order valence-electron chi connectivity index (χ2n) is 5.79. The smallest absolute Gasteiger partial charge is 0.297 e. The van der Waals surface area contributed by atoms with Crippen molar-refractivity contribution in [3.63, 3.8) is 0 Å². The number of fused-ring (bicyclic) bond motifs is 1. The Hall–Kier alpha value is -2.15. The van der Waals surface area contributed by atoms with Crippen LogP contribution in [0.4, 0.5) is 0 Å². The van der Waals surface area contributed by atoms with Crippen LogP contribution in [0.2, 0.25) is 0 Å². The molecule has 1 atom stereocenters. The van der Waals surface area contributed by atoms with Crippen molar-refractivity contribution in [2.75, 3.05) is 6.61 Å². The molecule has 0 aliphatic carbocycles. The lowest BCUT2D eigenvalue weighted by Crippen LogP contribution is -2.21. The fraction of sp³-hybridized carbons (Fsp3) is 0.222. The zero-order valence-corrected chi connectivity index (χ0v) is 14.1. The van der Waals surface area contributed by atoms with Gasteiger partial charge in [0.2, 0.25) is 0 Å². The van der Waals surface area contributed by atoms with E-state index in [0.717, 1.165) is 22.2 Å². The number of aromatic nitrogens is 1. The third-order valence-corrected chi connectivity index (χ3v) is 5.06. The number of aromatic amines is 1. The minimum atomic E-state index is -3.86. The third kappa shape index (κ3) is 3.84. The summed E-state index contributed by atoms with van der Waals surface area (Å²) in [6, 6.07) is 16.1. The molecule has 6 heteroatoms. The van der Waals surface area contributed by atoms with Crippen LogP contribution in [0.3, 0.4) is 0 Å². The summed E-state index contributed by atoms with van der Waals surface area (Å²) in [7, 11) is -3.86. The normalized spacial score (nSPS) is 13.2. The SMILES string of the molecule is Cc1ccc(S(=O)(=O)OCC(O)Cc2cc3ccccc3[nH]2)cc1. The van der Waals surface area contributed by atoms with Crippen molar-refractivity contribution in [1.29, 1.82) is 0 Å². The van der Waals surface area contributed by atoms with E-state index in [2.05, 4.69) is 4.98 Å². The lowest BCUT2D eigenvalue weighted by atomic mass is 10.2. The van der Waals surface area contributed by atoms with E-state index in [4.69, 9.17) is 4.18 Å². The molecular weight excluding hydrogens is 326 g/mol. The molecule has 0 aliphatic rings. The molecule has 2 aromatic carbocycles. The van der Waals surface area contributed by atoms with Gasteiger partial charge in [-0.2, -0.15) is 8.42 Å². The van der Waals surface area contributed by atoms with Crippen molar-refractivity contribution in [2.24, 2.45) is 0 Å². The summed E-state index contributed by atoms with van der Waals surface area (Å²) >= 11 is 0. The van der Waals surface area contributed by atoms with Crippen molar-refractivity contribution in [1.82, 2.24) is 4.98 Å². The molecule has 0 amide bonds. The van der Waals surface area contributed by atoms with Crippen molar-refractivity contribution >= 4 is 21.0 Å². The molecule has 3 aromatic rings. The summed E-state index contributed by atoms with van der Waals surface area (Å²) in [5.74, 6) is 0. The van der Waals surface area contributed by atoms with Crippen molar-refractivity contribution < 1.29 is 17.7 Å². The van der Waals surface area contributed by atoms with Crippen LogP contribution in [-0.2, 0) is 20.7 Å². The highest BCUT2D eigenvalue weighted by atomic mass is 32.2. The summed E-state index contributed by atoms with van der Waals surface area (Å²) in [6.07, 6.45) is -0.628. The first kappa shape index (κ1) is 16.7. The highest BCUT2D eigenvalue weighted by Gasteiger charge is 2.18. The van der Waals surface area contributed by atoms with Crippen molar-refractivity contribution in [2.45, 2.75) is 24.3 Å². The largest absolute Gasteiger partial charge is 0.390 e. The van der Waals surface area contributed by atoms with E-state index in [1.807, 2.05) is 37.3 Å². The van der Waals surface area contributed by atoms with Gasteiger partial charge in [0.25, 0.3) is 10.1 Å². The average molecular weight is 345 g/mol. The van der Waals surface area contributed by atoms with E-state index in [0.29, 0.717) is 0 Å². The standard InChI is InChI=1S/C18H19NO4S/c1-13-6-8-17(9-7-13)24(21,22)23-12-16(20)11-15-10-14-4-2-3-5-18(14)19-15/h2-10,16,19-20H,11-12H2,1H3. The van der Waals surface area contributed by atoms with Gasteiger partial charge in [0.05, 0.1) is 17.6 Å². The van der Waals surface area contributed by atoms with Crippen LogP contribution in [0.5, 0.6) is 0 Å². The number of para-hydroxylation sites is 1. The van der Waals surface area contributed by atoms with E-state index in [1.54, 1.807) is 12.1 Å². The Kier molecular flexibility index (Phi) is 4.71. The first-order chi connectivity index (χ1) is 11.4. The second-order valence-corrected chi connectivity index (χ2v) is 7.41. The predicted molar refractivity (Wildman–Crippen MR) is 92.3 cm³/mol. The van der Waals surface area contributed by atoms with E-state index in [-0.39, 0.29) is 17.9 Å². The Morgan fingerprint density at radius 1 is 1.12 bits per heavy atom. The molecule has 0 spiro atoms. The fourth-order valence-corrected chi connectivity index (χ4v) is 3.44. The minimum absolute atomic E-state index is 0.0888. The van der Waals surface area contributed by atoms with Gasteiger partial charge < -0.3 is 10.1 Å². The molecule has 2 N–H and O–H groups in total. The summed E-state index contributed by atoms with van der Waals surface area (Å²) in [5.41, 5.74) is 2.78. The Labute approximate surface area is 141 Å². The van der Waals surface area contributed by atoms with Gasteiger partial charge in [-0.05, 0) is 36.6 Å². The van der Waals surface area contributed by atoms with Gasteiger partial charge in [0, 0.05) is 17.6 Å². The Morgan fingerprint density at radius 3 is 2.54 bits per heavy atom. The lowest BCUT2D eigenvalue weighted by molar-refractivity contribution is 0.110. The topological polar surface area (TPSA) is 79.4 Å². The van der Waals surface area contributed by atoms with Gasteiger partial charge in [-0.1, -0.05) is 35.9 Å². The Bertz CT molecular complexity index is 896. The van der Waals surface area contributed by atoms with Crippen molar-refractivity contribution in [3.05, 3.63) is 65.9 Å². The molecule has 1 unspecified atom stereocenters. The number of benzene rings is 2. The van der Waals surface area contributed by atoms with Gasteiger partial charge in [-0.25, -0.2) is 0 Å². The van der Waals surface area contributed by atoms with Crippen LogP contribution in [0, 0.1) is 6.92 Å². The molecule has 1 heterocycles. The van der Waals surface area contributed by atoms with Gasteiger partial charge in [0.15, 0.2) is 0 Å². The quantitative estimate of drug-likeness (QED) is 0.673. The molecule has 3 rings (SSSR count). The number of nitrogens with one attached hydrogen (secondary N) is 1. The molecule has 126 valence electrons. The van der Waals surface area contributed by atoms with Crippen LogP contribution in [-0.4, -0.2) is 31.2 Å². The summed E-state index contributed by atoms with van der Waals surface area (Å²) in [6.45, 7) is 1.59. The molecule has 1 aromatic heterocycles. The fourth-order valence-electron chi connectivity index (χ4n) is 2.50. The van der Waals surface area contributed by atoms with Crippen LogP contribution in [0.1, 0.15) is 11.3 Å². The van der Waals surface area contributed by atoms with Crippen LogP contribution in [0.15, 0.2) is 59.5 Å². The zero-order chi connectivity index (χ0) is 17.2. The van der Waals surface area contributed by atoms with Gasteiger partial charge in [0.1, 0.15) is 0 Å². The van der Waals surface area contributed by atoms with Crippen LogP contribution < -0.4 is 0 Å². The monoisotopic (exact) mass is 345 g/mol. The third-order valence-electron chi connectivity index (χ3n) is 3.77. The van der Waals surface area contributed by atoms with E-state index >= 15 is 0 Å². The molecule has 0 fully saturated rings. The second kappa shape index (κ2) is 6.76. The minimum Gasteiger partial charge on any atom is -0.390 e. The van der Waals surface area contributed by atoms with Crippen molar-refractivity contribution in [3.8, 4) is 0 Å². The predicted octanol–water partition coefficient (Wildman–Crippen LogP) is 2.79. The number of aryl methyl sites for hydroxylation is 1. The number of hydrogen-bond donors (Lipinski definition) is 2. The van der Waals surface area contributed by atoms with Crippen LogP contribution >= 0.6 is 0 Å². The van der Waals surface area contributed by atoms with Gasteiger partial charge in [-0.3, -0.25) is 4.18 Å². The van der Waals surface area contributed by atoms with E-state index < -0.39 is 16.2 Å². The molecule has 0 radical (unpaired) electrons. The maximum atomic E-state index is 12.1. The average Bonchev–Trinajstić information content (AvgIpc) is 2.95. The number of aliphatic hydroxyl groups excluding tert-OH is 1.